The lowest BCUT2D eigenvalue weighted by Gasteiger charge is -2.08. The molecule has 0 radical (unpaired) electrons. The second-order valence-corrected chi connectivity index (χ2v) is 9.28. The number of nitrogens with zero attached hydrogens (tertiary/aromatic N) is 3. The quantitative estimate of drug-likeness (QED) is 0.286. The van der Waals surface area contributed by atoms with Crippen LogP contribution in [-0.4, -0.2) is 46.6 Å². The molecule has 0 aliphatic heterocycles. The van der Waals surface area contributed by atoms with Gasteiger partial charge in [0.2, 0.25) is 11.8 Å². The normalized spacial score (nSPS) is 10.9. The lowest BCUT2D eigenvalue weighted by atomic mass is 10.2. The van der Waals surface area contributed by atoms with Crippen molar-refractivity contribution in [3.8, 4) is 11.5 Å². The predicted octanol–water partition coefficient (Wildman–Crippen LogP) is 3.96. The molecule has 0 unspecified atom stereocenters. The maximum atomic E-state index is 12.3. The molecular weight excluding hydrogens is 534 g/mol. The summed E-state index contributed by atoms with van der Waals surface area (Å²) in [5.74, 6) is 1.54. The van der Waals surface area contributed by atoms with Gasteiger partial charge >= 0.3 is 0 Å². The number of aromatic nitrogens is 3. The van der Waals surface area contributed by atoms with Crippen LogP contribution in [0.1, 0.15) is 17.0 Å². The molecule has 3 aromatic rings. The van der Waals surface area contributed by atoms with Crippen molar-refractivity contribution in [2.75, 3.05) is 25.3 Å². The van der Waals surface area contributed by atoms with Crippen molar-refractivity contribution in [3.63, 3.8) is 0 Å². The number of ether oxygens (including phenoxy) is 2. The molecule has 2 aromatic carbocycles. The van der Waals surface area contributed by atoms with Gasteiger partial charge in [-0.25, -0.2) is 0 Å². The summed E-state index contributed by atoms with van der Waals surface area (Å²) in [7, 11) is 4.91. The first-order valence-electron chi connectivity index (χ1n) is 10.6. The number of anilines is 1. The van der Waals surface area contributed by atoms with E-state index in [9.17, 15) is 9.59 Å². The van der Waals surface area contributed by atoms with E-state index in [4.69, 9.17) is 9.47 Å². The highest BCUT2D eigenvalue weighted by Crippen LogP contribution is 2.28. The molecule has 9 nitrogen and oxygen atoms in total. The van der Waals surface area contributed by atoms with Crippen LogP contribution in [0.2, 0.25) is 0 Å². The van der Waals surface area contributed by atoms with Crippen molar-refractivity contribution in [2.24, 2.45) is 7.05 Å². The summed E-state index contributed by atoms with van der Waals surface area (Å²) >= 11 is 4.68. The monoisotopic (exact) mass is 559 g/mol. The number of methoxy groups -OCH3 is 2. The van der Waals surface area contributed by atoms with Gasteiger partial charge in [0.1, 0.15) is 0 Å². The van der Waals surface area contributed by atoms with Crippen molar-refractivity contribution < 1.29 is 19.1 Å². The highest BCUT2D eigenvalue weighted by atomic mass is 79.9. The number of rotatable bonds is 10. The maximum absolute atomic E-state index is 12.3. The summed E-state index contributed by atoms with van der Waals surface area (Å²) in [5.41, 5.74) is 2.53. The SMILES string of the molecule is COc1ccc(/C=C/C(=O)NCc2nnc(SCC(=O)Nc3ccc(Br)cc3C)n2C)cc1OC. The van der Waals surface area contributed by atoms with E-state index in [0.717, 1.165) is 21.3 Å². The standard InChI is InChI=1S/C24H26BrN5O4S/c1-15-11-17(25)7-8-18(15)27-23(32)14-35-24-29-28-21(30(24)2)13-26-22(31)10-6-16-5-9-19(33-3)20(12-16)34-4/h5-12H,13-14H2,1-4H3,(H,26,31)(H,27,32)/b10-6+. The summed E-state index contributed by atoms with van der Waals surface area (Å²) < 4.78 is 13.2. The molecule has 0 atom stereocenters. The second kappa shape index (κ2) is 12.4. The Kier molecular flexibility index (Phi) is 9.32. The third-order valence-corrected chi connectivity index (χ3v) is 6.49. The van der Waals surface area contributed by atoms with Crippen molar-refractivity contribution in [1.82, 2.24) is 20.1 Å². The molecule has 0 saturated carbocycles. The van der Waals surface area contributed by atoms with Crippen LogP contribution in [-0.2, 0) is 23.2 Å². The number of thioether (sulfide) groups is 1. The van der Waals surface area contributed by atoms with Crippen molar-refractivity contribution in [3.05, 3.63) is 63.9 Å². The van der Waals surface area contributed by atoms with E-state index < -0.39 is 0 Å². The van der Waals surface area contributed by atoms with Gasteiger partial charge < -0.3 is 24.7 Å². The van der Waals surface area contributed by atoms with E-state index >= 15 is 0 Å². The molecule has 3 rings (SSSR count). The first kappa shape index (κ1) is 26.3. The fourth-order valence-electron chi connectivity index (χ4n) is 3.06. The molecule has 184 valence electrons. The molecule has 1 heterocycles. The number of halogens is 1. The van der Waals surface area contributed by atoms with Gasteiger partial charge in [-0.05, 0) is 54.5 Å². The van der Waals surface area contributed by atoms with Crippen LogP contribution in [0.5, 0.6) is 11.5 Å². The Bertz CT molecular complexity index is 1240. The van der Waals surface area contributed by atoms with Crippen LogP contribution in [0.25, 0.3) is 6.08 Å². The van der Waals surface area contributed by atoms with Gasteiger partial charge in [-0.2, -0.15) is 0 Å². The number of amides is 2. The third-order valence-electron chi connectivity index (χ3n) is 4.98. The smallest absolute Gasteiger partial charge is 0.244 e. The van der Waals surface area contributed by atoms with Crippen LogP contribution in [0.3, 0.4) is 0 Å². The Labute approximate surface area is 216 Å². The minimum absolute atomic E-state index is 0.140. The molecule has 2 N–H and O–H groups in total. The van der Waals surface area contributed by atoms with E-state index in [-0.39, 0.29) is 24.1 Å². The number of hydrogen-bond acceptors (Lipinski definition) is 7. The topological polar surface area (TPSA) is 107 Å². The molecule has 35 heavy (non-hydrogen) atoms. The van der Waals surface area contributed by atoms with Gasteiger partial charge in [-0.1, -0.05) is 33.8 Å². The third kappa shape index (κ3) is 7.33. The van der Waals surface area contributed by atoms with Gasteiger partial charge in [-0.15, -0.1) is 10.2 Å². The first-order valence-corrected chi connectivity index (χ1v) is 12.3. The zero-order valence-corrected chi connectivity index (χ0v) is 22.2. The Balaban J connectivity index is 1.50. The Morgan fingerprint density at radius 3 is 2.60 bits per heavy atom. The minimum Gasteiger partial charge on any atom is -0.493 e. The molecule has 0 saturated heterocycles. The summed E-state index contributed by atoms with van der Waals surface area (Å²) in [5, 5.41) is 14.5. The van der Waals surface area contributed by atoms with Crippen molar-refractivity contribution in [2.45, 2.75) is 18.6 Å². The van der Waals surface area contributed by atoms with E-state index in [0.29, 0.717) is 22.5 Å². The van der Waals surface area contributed by atoms with Crippen molar-refractivity contribution >= 4 is 51.3 Å². The number of benzene rings is 2. The van der Waals surface area contributed by atoms with Crippen LogP contribution in [0, 0.1) is 6.92 Å². The highest BCUT2D eigenvalue weighted by Gasteiger charge is 2.13. The summed E-state index contributed by atoms with van der Waals surface area (Å²) in [4.78, 5) is 24.6. The zero-order chi connectivity index (χ0) is 25.4. The van der Waals surface area contributed by atoms with Crippen LogP contribution in [0.15, 0.2) is 52.1 Å². The first-order chi connectivity index (χ1) is 16.8. The Hall–Kier alpha value is -3.31. The van der Waals surface area contributed by atoms with E-state index in [1.54, 1.807) is 44.0 Å². The summed E-state index contributed by atoms with van der Waals surface area (Å²) in [6.07, 6.45) is 3.11. The van der Waals surface area contributed by atoms with E-state index in [2.05, 4.69) is 36.8 Å². The second-order valence-electron chi connectivity index (χ2n) is 7.42. The summed E-state index contributed by atoms with van der Waals surface area (Å²) in [6.45, 7) is 2.13. The largest absolute Gasteiger partial charge is 0.493 e. The number of carbonyl (C=O) groups is 2. The predicted molar refractivity (Wildman–Crippen MR) is 140 cm³/mol. The minimum atomic E-state index is -0.277. The lowest BCUT2D eigenvalue weighted by molar-refractivity contribution is -0.116. The van der Waals surface area contributed by atoms with Crippen LogP contribution in [0.4, 0.5) is 5.69 Å². The summed E-state index contributed by atoms with van der Waals surface area (Å²) in [6, 6.07) is 11.0. The molecule has 0 aliphatic carbocycles. The average Bonchev–Trinajstić information content (AvgIpc) is 3.20. The molecule has 0 aliphatic rings. The Morgan fingerprint density at radius 1 is 1.11 bits per heavy atom. The average molecular weight is 560 g/mol. The van der Waals surface area contributed by atoms with Gasteiger partial charge in [-0.3, -0.25) is 9.59 Å². The zero-order valence-electron chi connectivity index (χ0n) is 19.8. The van der Waals surface area contributed by atoms with Crippen LogP contribution >= 0.6 is 27.7 Å². The molecule has 2 amide bonds. The molecule has 1 aromatic heterocycles. The van der Waals surface area contributed by atoms with Gasteiger partial charge in [0.25, 0.3) is 0 Å². The number of aryl methyl sites for hydroxylation is 1. The van der Waals surface area contributed by atoms with Crippen molar-refractivity contribution in [1.29, 1.82) is 0 Å². The molecular formula is C24H26BrN5O4S. The van der Waals surface area contributed by atoms with E-state index in [1.165, 1.54) is 17.8 Å². The lowest BCUT2D eigenvalue weighted by Crippen LogP contribution is -2.22. The fourth-order valence-corrected chi connectivity index (χ4v) is 4.27. The number of hydrogen-bond donors (Lipinski definition) is 2. The van der Waals surface area contributed by atoms with E-state index in [1.807, 2.05) is 31.2 Å². The number of carbonyl (C=O) groups excluding carboxylic acids is 2. The fraction of sp³-hybridized carbons (Fsp3) is 0.250. The number of nitrogens with one attached hydrogen (secondary N) is 2. The van der Waals surface area contributed by atoms with Crippen LogP contribution < -0.4 is 20.1 Å². The highest BCUT2D eigenvalue weighted by molar-refractivity contribution is 9.10. The van der Waals surface area contributed by atoms with Gasteiger partial charge in [0.05, 0.1) is 26.5 Å². The molecule has 0 fully saturated rings. The van der Waals surface area contributed by atoms with Gasteiger partial charge in [0.15, 0.2) is 22.5 Å². The maximum Gasteiger partial charge on any atom is 0.244 e. The molecule has 0 spiro atoms. The molecule has 11 heteroatoms. The Morgan fingerprint density at radius 2 is 1.89 bits per heavy atom. The molecule has 0 bridgehead atoms. The van der Waals surface area contributed by atoms with Gasteiger partial charge in [0, 0.05) is 23.3 Å².